The molecule has 3 atom stereocenters. The first kappa shape index (κ1) is 15.0. The molecule has 0 saturated carbocycles. The summed E-state index contributed by atoms with van der Waals surface area (Å²) < 4.78 is 11.2. The van der Waals surface area contributed by atoms with E-state index in [0.29, 0.717) is 18.2 Å². The molecule has 2 saturated heterocycles. The third kappa shape index (κ3) is 2.99. The maximum absolute atomic E-state index is 11.8. The van der Waals surface area contributed by atoms with E-state index in [1.54, 1.807) is 26.1 Å². The summed E-state index contributed by atoms with van der Waals surface area (Å²) >= 11 is 0. The Balaban J connectivity index is 1.58. The number of amides is 1. The standard InChI is InChI=1S/C15H22N4O3/c1-18(2)15(20)5-11-4-10-7-19(8-12(10)22-11)13-6-14(21-3)17-9-16-13/h6,9-12H,4-5,7-8H2,1-3H3/t10-,11+,12-/m1/s1. The summed E-state index contributed by atoms with van der Waals surface area (Å²) in [7, 11) is 5.16. The van der Waals surface area contributed by atoms with Gasteiger partial charge in [0, 0.05) is 39.2 Å². The highest BCUT2D eigenvalue weighted by molar-refractivity contribution is 5.76. The van der Waals surface area contributed by atoms with E-state index in [1.165, 1.54) is 6.33 Å². The van der Waals surface area contributed by atoms with Gasteiger partial charge in [0.25, 0.3) is 0 Å². The van der Waals surface area contributed by atoms with Crippen LogP contribution in [0.2, 0.25) is 0 Å². The summed E-state index contributed by atoms with van der Waals surface area (Å²) in [4.78, 5) is 23.9. The molecule has 120 valence electrons. The number of fused-ring (bicyclic) bond motifs is 1. The number of rotatable bonds is 4. The molecule has 0 radical (unpaired) electrons. The second-order valence-electron chi connectivity index (χ2n) is 6.11. The lowest BCUT2D eigenvalue weighted by atomic mass is 10.0. The zero-order valence-electron chi connectivity index (χ0n) is 13.2. The van der Waals surface area contributed by atoms with E-state index in [-0.39, 0.29) is 18.1 Å². The highest BCUT2D eigenvalue weighted by atomic mass is 16.5. The predicted molar refractivity (Wildman–Crippen MR) is 80.9 cm³/mol. The number of methoxy groups -OCH3 is 1. The Hall–Kier alpha value is -1.89. The number of ether oxygens (including phenoxy) is 2. The minimum Gasteiger partial charge on any atom is -0.481 e. The fourth-order valence-electron chi connectivity index (χ4n) is 3.17. The molecule has 2 fully saturated rings. The Kier molecular flexibility index (Phi) is 4.15. The molecule has 1 amide bonds. The SMILES string of the molecule is COc1cc(N2C[C@H]3C[C@@H](CC(=O)N(C)C)O[C@@H]3C2)ncn1. The number of carbonyl (C=O) groups is 1. The quantitative estimate of drug-likeness (QED) is 0.809. The van der Waals surface area contributed by atoms with Crippen LogP contribution in [0.3, 0.4) is 0 Å². The van der Waals surface area contributed by atoms with E-state index < -0.39 is 0 Å². The van der Waals surface area contributed by atoms with Crippen molar-refractivity contribution < 1.29 is 14.3 Å². The minimum absolute atomic E-state index is 0.0481. The number of aromatic nitrogens is 2. The van der Waals surface area contributed by atoms with Crippen molar-refractivity contribution in [2.24, 2.45) is 5.92 Å². The van der Waals surface area contributed by atoms with Crippen LogP contribution in [0.25, 0.3) is 0 Å². The molecule has 0 N–H and O–H groups in total. The Labute approximate surface area is 130 Å². The second-order valence-corrected chi connectivity index (χ2v) is 6.11. The number of carbonyl (C=O) groups excluding carboxylic acids is 1. The van der Waals surface area contributed by atoms with Crippen LogP contribution in [0.4, 0.5) is 5.82 Å². The van der Waals surface area contributed by atoms with Crippen LogP contribution in [0.15, 0.2) is 12.4 Å². The Bertz CT molecular complexity index is 537. The Morgan fingerprint density at radius 3 is 2.95 bits per heavy atom. The van der Waals surface area contributed by atoms with Crippen molar-refractivity contribution in [3.8, 4) is 5.88 Å². The van der Waals surface area contributed by atoms with Gasteiger partial charge < -0.3 is 19.3 Å². The zero-order valence-corrected chi connectivity index (χ0v) is 13.2. The van der Waals surface area contributed by atoms with Crippen LogP contribution in [0.1, 0.15) is 12.8 Å². The fraction of sp³-hybridized carbons (Fsp3) is 0.667. The average Bonchev–Trinajstić information content (AvgIpc) is 3.05. The van der Waals surface area contributed by atoms with Gasteiger partial charge in [-0.05, 0) is 6.42 Å². The van der Waals surface area contributed by atoms with Gasteiger partial charge in [-0.2, -0.15) is 0 Å². The van der Waals surface area contributed by atoms with Gasteiger partial charge in [0.2, 0.25) is 11.8 Å². The van der Waals surface area contributed by atoms with E-state index in [9.17, 15) is 4.79 Å². The Morgan fingerprint density at radius 1 is 1.45 bits per heavy atom. The Morgan fingerprint density at radius 2 is 2.27 bits per heavy atom. The molecule has 7 nitrogen and oxygen atoms in total. The molecule has 0 aliphatic carbocycles. The van der Waals surface area contributed by atoms with E-state index in [1.807, 2.05) is 6.07 Å². The monoisotopic (exact) mass is 306 g/mol. The number of nitrogens with zero attached hydrogens (tertiary/aromatic N) is 4. The molecule has 1 aromatic heterocycles. The molecule has 2 aliphatic heterocycles. The summed E-state index contributed by atoms with van der Waals surface area (Å²) in [6.07, 6.45) is 3.15. The van der Waals surface area contributed by atoms with Crippen LogP contribution >= 0.6 is 0 Å². The molecular weight excluding hydrogens is 284 g/mol. The van der Waals surface area contributed by atoms with Crippen molar-refractivity contribution in [2.75, 3.05) is 39.2 Å². The smallest absolute Gasteiger partial charge is 0.224 e. The molecule has 3 heterocycles. The van der Waals surface area contributed by atoms with Crippen molar-refractivity contribution in [1.82, 2.24) is 14.9 Å². The summed E-state index contributed by atoms with van der Waals surface area (Å²) in [5.74, 6) is 2.02. The summed E-state index contributed by atoms with van der Waals surface area (Å²) in [5.41, 5.74) is 0. The van der Waals surface area contributed by atoms with Crippen molar-refractivity contribution in [3.63, 3.8) is 0 Å². The van der Waals surface area contributed by atoms with Crippen molar-refractivity contribution in [2.45, 2.75) is 25.0 Å². The molecule has 0 aromatic carbocycles. The summed E-state index contributed by atoms with van der Waals surface area (Å²) in [5, 5.41) is 0. The minimum atomic E-state index is 0.0481. The van der Waals surface area contributed by atoms with Crippen molar-refractivity contribution in [3.05, 3.63) is 12.4 Å². The van der Waals surface area contributed by atoms with Crippen LogP contribution in [0, 0.1) is 5.92 Å². The largest absolute Gasteiger partial charge is 0.481 e. The fourth-order valence-corrected chi connectivity index (χ4v) is 3.17. The highest BCUT2D eigenvalue weighted by Gasteiger charge is 2.43. The molecule has 2 aliphatic rings. The second kappa shape index (κ2) is 6.08. The van der Waals surface area contributed by atoms with Gasteiger partial charge in [0.15, 0.2) is 0 Å². The van der Waals surface area contributed by atoms with E-state index in [4.69, 9.17) is 9.47 Å². The third-order valence-electron chi connectivity index (χ3n) is 4.38. The molecule has 7 heteroatoms. The average molecular weight is 306 g/mol. The number of anilines is 1. The van der Waals surface area contributed by atoms with Gasteiger partial charge >= 0.3 is 0 Å². The van der Waals surface area contributed by atoms with E-state index in [2.05, 4.69) is 14.9 Å². The van der Waals surface area contributed by atoms with Crippen LogP contribution < -0.4 is 9.64 Å². The van der Waals surface area contributed by atoms with Crippen molar-refractivity contribution in [1.29, 1.82) is 0 Å². The van der Waals surface area contributed by atoms with Gasteiger partial charge in [-0.15, -0.1) is 0 Å². The van der Waals surface area contributed by atoms with Crippen LogP contribution in [-0.2, 0) is 9.53 Å². The highest BCUT2D eigenvalue weighted by Crippen LogP contribution is 2.36. The first-order valence-electron chi connectivity index (χ1n) is 7.53. The first-order chi connectivity index (χ1) is 10.6. The number of hydrogen-bond acceptors (Lipinski definition) is 6. The maximum Gasteiger partial charge on any atom is 0.224 e. The van der Waals surface area contributed by atoms with Gasteiger partial charge in [0.05, 0.1) is 25.7 Å². The predicted octanol–water partition coefficient (Wildman–Crippen LogP) is 0.557. The molecule has 0 spiro atoms. The molecule has 1 aromatic rings. The molecular formula is C15H22N4O3. The van der Waals surface area contributed by atoms with Gasteiger partial charge in [0.1, 0.15) is 12.1 Å². The lowest BCUT2D eigenvalue weighted by Gasteiger charge is -2.20. The number of hydrogen-bond donors (Lipinski definition) is 0. The molecule has 3 rings (SSSR count). The lowest BCUT2D eigenvalue weighted by molar-refractivity contribution is -0.131. The first-order valence-corrected chi connectivity index (χ1v) is 7.53. The zero-order chi connectivity index (χ0) is 15.7. The summed E-state index contributed by atoms with van der Waals surface area (Å²) in [6.45, 7) is 1.70. The van der Waals surface area contributed by atoms with Crippen LogP contribution in [-0.4, -0.2) is 67.3 Å². The van der Waals surface area contributed by atoms with Crippen LogP contribution in [0.5, 0.6) is 5.88 Å². The van der Waals surface area contributed by atoms with Gasteiger partial charge in [-0.1, -0.05) is 0 Å². The van der Waals surface area contributed by atoms with E-state index >= 15 is 0 Å². The van der Waals surface area contributed by atoms with Gasteiger partial charge in [-0.25, -0.2) is 9.97 Å². The third-order valence-corrected chi connectivity index (χ3v) is 4.38. The summed E-state index contributed by atoms with van der Waals surface area (Å²) in [6, 6.07) is 1.84. The lowest BCUT2D eigenvalue weighted by Crippen LogP contribution is -2.29. The maximum atomic E-state index is 11.8. The molecule has 0 unspecified atom stereocenters. The molecule has 0 bridgehead atoms. The van der Waals surface area contributed by atoms with Crippen molar-refractivity contribution >= 4 is 11.7 Å². The molecule has 22 heavy (non-hydrogen) atoms. The normalized spacial score (nSPS) is 26.9. The van der Waals surface area contributed by atoms with Gasteiger partial charge in [-0.3, -0.25) is 4.79 Å². The van der Waals surface area contributed by atoms with E-state index in [0.717, 1.165) is 25.3 Å². The topological polar surface area (TPSA) is 67.8 Å².